The first-order valence-corrected chi connectivity index (χ1v) is 9.26. The predicted octanol–water partition coefficient (Wildman–Crippen LogP) is 3.97. The lowest BCUT2D eigenvalue weighted by Gasteiger charge is -2.32. The van der Waals surface area contributed by atoms with Crippen LogP contribution in [-0.4, -0.2) is 40.0 Å². The molecule has 0 radical (unpaired) electrons. The molecule has 1 fully saturated rings. The summed E-state index contributed by atoms with van der Waals surface area (Å²) in [6.45, 7) is 2.23. The van der Waals surface area contributed by atoms with Crippen molar-refractivity contribution in [3.8, 4) is 0 Å². The van der Waals surface area contributed by atoms with Gasteiger partial charge in [-0.2, -0.15) is 0 Å². The van der Waals surface area contributed by atoms with Gasteiger partial charge in [0.05, 0.1) is 23.9 Å². The molecule has 0 aliphatic carbocycles. The maximum absolute atomic E-state index is 12.2. The van der Waals surface area contributed by atoms with Crippen LogP contribution in [-0.2, 0) is 4.79 Å². The fraction of sp³-hybridized carbons (Fsp3) is 0.300. The largest absolute Gasteiger partial charge is 0.327 e. The number of hydrogen-bond donors (Lipinski definition) is 1. The van der Waals surface area contributed by atoms with E-state index in [4.69, 9.17) is 11.6 Å². The second-order valence-corrected chi connectivity index (χ2v) is 7.14. The quantitative estimate of drug-likeness (QED) is 0.758. The molecule has 0 atom stereocenters. The van der Waals surface area contributed by atoms with Crippen LogP contribution in [0.25, 0.3) is 11.0 Å². The van der Waals surface area contributed by atoms with Crippen molar-refractivity contribution in [2.75, 3.05) is 25.0 Å². The van der Waals surface area contributed by atoms with E-state index in [9.17, 15) is 4.79 Å². The number of nitrogens with one attached hydrogen (secondary N) is 1. The third-order valence-corrected chi connectivity index (χ3v) is 5.18. The van der Waals surface area contributed by atoms with E-state index >= 15 is 0 Å². The van der Waals surface area contributed by atoms with E-state index < -0.39 is 0 Å². The van der Waals surface area contributed by atoms with Crippen molar-refractivity contribution in [3.63, 3.8) is 0 Å². The van der Waals surface area contributed by atoms with Gasteiger partial charge in [-0.1, -0.05) is 23.7 Å². The molecule has 4 rings (SSSR count). The second-order valence-electron chi connectivity index (χ2n) is 6.70. The van der Waals surface area contributed by atoms with Crippen molar-refractivity contribution in [2.24, 2.45) is 0 Å². The fourth-order valence-corrected chi connectivity index (χ4v) is 3.69. The summed E-state index contributed by atoms with van der Waals surface area (Å²) >= 11 is 5.87. The standard InChI is InChI=1S/C20H21ClN4O/c21-15-5-7-16(8-6-15)23-20(26)13-24-11-9-17(10-12-24)25-14-22-18-3-1-2-4-19(18)25/h1-8,14,17H,9-13H2,(H,23,26). The van der Waals surface area contributed by atoms with Gasteiger partial charge >= 0.3 is 0 Å². The zero-order chi connectivity index (χ0) is 17.9. The maximum Gasteiger partial charge on any atom is 0.238 e. The van der Waals surface area contributed by atoms with Gasteiger partial charge in [0.1, 0.15) is 0 Å². The van der Waals surface area contributed by atoms with Gasteiger partial charge in [0.25, 0.3) is 0 Å². The normalized spacial score (nSPS) is 16.0. The van der Waals surface area contributed by atoms with Crippen LogP contribution in [0, 0.1) is 0 Å². The zero-order valence-electron chi connectivity index (χ0n) is 14.4. The lowest BCUT2D eigenvalue weighted by molar-refractivity contribution is -0.117. The number of hydrogen-bond acceptors (Lipinski definition) is 3. The second kappa shape index (κ2) is 7.48. The Balaban J connectivity index is 1.32. The highest BCUT2D eigenvalue weighted by atomic mass is 35.5. The Morgan fingerprint density at radius 3 is 2.62 bits per heavy atom. The Morgan fingerprint density at radius 1 is 1.12 bits per heavy atom. The number of benzene rings is 2. The van der Waals surface area contributed by atoms with E-state index in [-0.39, 0.29) is 5.91 Å². The number of amides is 1. The lowest BCUT2D eigenvalue weighted by atomic mass is 10.0. The van der Waals surface area contributed by atoms with Crippen LogP contribution < -0.4 is 5.32 Å². The average Bonchev–Trinajstić information content (AvgIpc) is 3.08. The van der Waals surface area contributed by atoms with Crippen LogP contribution in [0.2, 0.25) is 5.02 Å². The number of aromatic nitrogens is 2. The van der Waals surface area contributed by atoms with Gasteiger partial charge in [-0.3, -0.25) is 9.69 Å². The monoisotopic (exact) mass is 368 g/mol. The summed E-state index contributed by atoms with van der Waals surface area (Å²) in [7, 11) is 0. The van der Waals surface area contributed by atoms with Crippen molar-refractivity contribution in [3.05, 3.63) is 59.9 Å². The number of carbonyl (C=O) groups is 1. The van der Waals surface area contributed by atoms with Crippen molar-refractivity contribution in [1.29, 1.82) is 0 Å². The molecule has 1 saturated heterocycles. The van der Waals surface area contributed by atoms with Crippen molar-refractivity contribution in [1.82, 2.24) is 14.5 Å². The Morgan fingerprint density at radius 2 is 1.85 bits per heavy atom. The molecule has 1 aliphatic rings. The molecular formula is C20H21ClN4O. The van der Waals surface area contributed by atoms with Crippen LogP contribution in [0.5, 0.6) is 0 Å². The van der Waals surface area contributed by atoms with Gasteiger partial charge < -0.3 is 9.88 Å². The Labute approximate surface area is 157 Å². The van der Waals surface area contributed by atoms with E-state index in [1.54, 1.807) is 12.1 Å². The number of nitrogens with zero attached hydrogens (tertiary/aromatic N) is 3. The number of para-hydroxylation sites is 2. The molecule has 0 bridgehead atoms. The maximum atomic E-state index is 12.2. The number of halogens is 1. The minimum absolute atomic E-state index is 0.0128. The van der Waals surface area contributed by atoms with E-state index in [1.165, 1.54) is 5.52 Å². The van der Waals surface area contributed by atoms with Gasteiger partial charge in [-0.05, 0) is 49.2 Å². The SMILES string of the molecule is O=C(CN1CCC(n2cnc3ccccc32)CC1)Nc1ccc(Cl)cc1. The van der Waals surface area contributed by atoms with Gasteiger partial charge in [-0.15, -0.1) is 0 Å². The molecule has 5 nitrogen and oxygen atoms in total. The van der Waals surface area contributed by atoms with E-state index in [0.29, 0.717) is 17.6 Å². The highest BCUT2D eigenvalue weighted by Gasteiger charge is 2.23. The number of rotatable bonds is 4. The first-order valence-electron chi connectivity index (χ1n) is 8.88. The Hall–Kier alpha value is -2.37. The summed E-state index contributed by atoms with van der Waals surface area (Å²) in [5, 5.41) is 3.59. The fourth-order valence-electron chi connectivity index (χ4n) is 3.56. The van der Waals surface area contributed by atoms with Gasteiger partial charge in [0, 0.05) is 29.8 Å². The molecule has 134 valence electrons. The van der Waals surface area contributed by atoms with Gasteiger partial charge in [0.2, 0.25) is 5.91 Å². The third-order valence-electron chi connectivity index (χ3n) is 4.93. The van der Waals surface area contributed by atoms with E-state index in [1.807, 2.05) is 30.6 Å². The zero-order valence-corrected chi connectivity index (χ0v) is 15.2. The number of piperidine rings is 1. The van der Waals surface area contributed by atoms with Crippen LogP contribution in [0.3, 0.4) is 0 Å². The average molecular weight is 369 g/mol. The minimum atomic E-state index is 0.0128. The summed E-state index contributed by atoms with van der Waals surface area (Å²) in [4.78, 5) is 18.9. The molecule has 0 unspecified atom stereocenters. The van der Waals surface area contributed by atoms with Crippen molar-refractivity contribution < 1.29 is 4.79 Å². The smallest absolute Gasteiger partial charge is 0.238 e. The molecule has 6 heteroatoms. The molecule has 1 N–H and O–H groups in total. The summed E-state index contributed by atoms with van der Waals surface area (Å²) in [6, 6.07) is 15.9. The third kappa shape index (κ3) is 3.74. The number of imidazole rings is 1. The van der Waals surface area contributed by atoms with E-state index in [2.05, 4.69) is 31.9 Å². The van der Waals surface area contributed by atoms with Crippen LogP contribution in [0.4, 0.5) is 5.69 Å². The van der Waals surface area contributed by atoms with Gasteiger partial charge in [0.15, 0.2) is 0 Å². The molecule has 26 heavy (non-hydrogen) atoms. The Kier molecular flexibility index (Phi) is 4.91. The topological polar surface area (TPSA) is 50.2 Å². The first kappa shape index (κ1) is 17.1. The van der Waals surface area contributed by atoms with Crippen LogP contribution in [0.1, 0.15) is 18.9 Å². The highest BCUT2D eigenvalue weighted by Crippen LogP contribution is 2.26. The van der Waals surface area contributed by atoms with Crippen molar-refractivity contribution >= 4 is 34.2 Å². The molecule has 3 aromatic rings. The first-order chi connectivity index (χ1) is 12.7. The number of fused-ring (bicyclic) bond motifs is 1. The Bertz CT molecular complexity index is 898. The minimum Gasteiger partial charge on any atom is -0.327 e. The van der Waals surface area contributed by atoms with E-state index in [0.717, 1.165) is 37.1 Å². The molecule has 2 heterocycles. The summed E-state index contributed by atoms with van der Waals surface area (Å²) < 4.78 is 2.28. The molecule has 1 amide bonds. The molecule has 1 aliphatic heterocycles. The number of anilines is 1. The predicted molar refractivity (Wildman–Crippen MR) is 105 cm³/mol. The molecule has 0 spiro atoms. The summed E-state index contributed by atoms with van der Waals surface area (Å²) in [6.07, 6.45) is 3.99. The molecular weight excluding hydrogens is 348 g/mol. The summed E-state index contributed by atoms with van der Waals surface area (Å²) in [5.74, 6) is 0.0128. The lowest BCUT2D eigenvalue weighted by Crippen LogP contribution is -2.39. The molecule has 0 saturated carbocycles. The summed E-state index contributed by atoms with van der Waals surface area (Å²) in [5.41, 5.74) is 3.00. The van der Waals surface area contributed by atoms with Gasteiger partial charge in [-0.25, -0.2) is 4.98 Å². The number of likely N-dealkylation sites (tertiary alicyclic amines) is 1. The molecule has 1 aromatic heterocycles. The van der Waals surface area contributed by atoms with Crippen LogP contribution >= 0.6 is 11.6 Å². The van der Waals surface area contributed by atoms with Crippen molar-refractivity contribution in [2.45, 2.75) is 18.9 Å². The number of carbonyl (C=O) groups excluding carboxylic acids is 1. The molecule has 2 aromatic carbocycles. The van der Waals surface area contributed by atoms with Crippen LogP contribution in [0.15, 0.2) is 54.9 Å². The highest BCUT2D eigenvalue weighted by molar-refractivity contribution is 6.30.